The van der Waals surface area contributed by atoms with Crippen LogP contribution < -0.4 is 0 Å². The van der Waals surface area contributed by atoms with Gasteiger partial charge in [0.1, 0.15) is 5.69 Å². The van der Waals surface area contributed by atoms with E-state index in [0.717, 1.165) is 5.56 Å². The van der Waals surface area contributed by atoms with Crippen molar-refractivity contribution in [1.82, 2.24) is 9.55 Å². The lowest BCUT2D eigenvalue weighted by atomic mass is 10.1. The van der Waals surface area contributed by atoms with Crippen LogP contribution in [-0.2, 0) is 4.74 Å². The number of aromatic nitrogens is 2. The lowest BCUT2D eigenvalue weighted by molar-refractivity contribution is 0.0424. The van der Waals surface area contributed by atoms with Crippen molar-refractivity contribution in [3.63, 3.8) is 0 Å². The summed E-state index contributed by atoms with van der Waals surface area (Å²) in [5.41, 5.74) is 1.53. The maximum Gasteiger partial charge on any atom is 0.357 e. The van der Waals surface area contributed by atoms with Crippen LogP contribution in [0.15, 0.2) is 42.9 Å². The summed E-state index contributed by atoms with van der Waals surface area (Å²) in [6.07, 6.45) is 2.73. The normalized spacial score (nSPS) is 12.9. The molecule has 0 bridgehead atoms. The van der Waals surface area contributed by atoms with E-state index in [0.29, 0.717) is 5.69 Å². The van der Waals surface area contributed by atoms with Gasteiger partial charge in [-0.25, -0.2) is 9.78 Å². The van der Waals surface area contributed by atoms with Gasteiger partial charge in [0.05, 0.1) is 18.6 Å². The number of benzene rings is 1. The summed E-state index contributed by atoms with van der Waals surface area (Å²) < 4.78 is 7.10. The highest BCUT2D eigenvalue weighted by Crippen LogP contribution is 2.19. The molecule has 0 aliphatic carbocycles. The summed E-state index contributed by atoms with van der Waals surface area (Å²) >= 11 is 0. The molecule has 2 rings (SSSR count). The van der Waals surface area contributed by atoms with Crippen molar-refractivity contribution in [2.24, 2.45) is 0 Å². The molecule has 1 heterocycles. The topological polar surface area (TPSA) is 44.1 Å². The molecule has 21 heavy (non-hydrogen) atoms. The van der Waals surface area contributed by atoms with Gasteiger partial charge in [0, 0.05) is 0 Å². The van der Waals surface area contributed by atoms with E-state index in [1.165, 1.54) is 6.20 Å². The lowest BCUT2D eigenvalue weighted by Gasteiger charge is -2.17. The zero-order chi connectivity index (χ0) is 15.2. The molecule has 2 atom stereocenters. The summed E-state index contributed by atoms with van der Waals surface area (Å²) in [5, 5.41) is 0. The smallest absolute Gasteiger partial charge is 0.357 e. The maximum absolute atomic E-state index is 12.2. The van der Waals surface area contributed by atoms with Crippen LogP contribution in [0.4, 0.5) is 0 Å². The first-order valence-electron chi connectivity index (χ1n) is 6.83. The van der Waals surface area contributed by atoms with E-state index in [1.54, 1.807) is 20.2 Å². The van der Waals surface area contributed by atoms with E-state index in [1.807, 2.05) is 41.8 Å². The van der Waals surface area contributed by atoms with Gasteiger partial charge in [-0.15, -0.1) is 5.92 Å². The summed E-state index contributed by atoms with van der Waals surface area (Å²) in [6.45, 7) is 5.48. The van der Waals surface area contributed by atoms with Gasteiger partial charge in [-0.2, -0.15) is 0 Å². The van der Waals surface area contributed by atoms with Crippen molar-refractivity contribution < 1.29 is 9.53 Å². The van der Waals surface area contributed by atoms with E-state index in [9.17, 15) is 4.79 Å². The molecule has 0 aliphatic heterocycles. The van der Waals surface area contributed by atoms with Crippen LogP contribution in [0.5, 0.6) is 0 Å². The minimum atomic E-state index is -0.433. The van der Waals surface area contributed by atoms with Crippen LogP contribution in [0.2, 0.25) is 0 Å². The van der Waals surface area contributed by atoms with Gasteiger partial charge in [0.25, 0.3) is 0 Å². The molecule has 0 aliphatic rings. The minimum absolute atomic E-state index is 0.00353. The average Bonchev–Trinajstić information content (AvgIpc) is 2.97. The van der Waals surface area contributed by atoms with E-state index in [4.69, 9.17) is 4.74 Å². The molecule has 1 unspecified atom stereocenters. The predicted molar refractivity (Wildman–Crippen MR) is 80.8 cm³/mol. The number of rotatable bonds is 4. The Morgan fingerprint density at radius 1 is 1.29 bits per heavy atom. The molecule has 0 spiro atoms. The van der Waals surface area contributed by atoms with Crippen molar-refractivity contribution in [2.75, 3.05) is 0 Å². The Hall–Kier alpha value is -2.54. The second-order valence-corrected chi connectivity index (χ2v) is 4.71. The second kappa shape index (κ2) is 6.76. The number of nitrogens with zero attached hydrogens (tertiary/aromatic N) is 2. The van der Waals surface area contributed by atoms with Gasteiger partial charge in [-0.05, 0) is 26.3 Å². The summed E-state index contributed by atoms with van der Waals surface area (Å²) in [4.78, 5) is 16.3. The third-order valence-electron chi connectivity index (χ3n) is 3.21. The Morgan fingerprint density at radius 2 is 2.00 bits per heavy atom. The maximum atomic E-state index is 12.2. The van der Waals surface area contributed by atoms with Crippen molar-refractivity contribution in [1.29, 1.82) is 0 Å². The van der Waals surface area contributed by atoms with Gasteiger partial charge in [0.15, 0.2) is 6.10 Å². The number of hydrogen-bond acceptors (Lipinski definition) is 3. The lowest BCUT2D eigenvalue weighted by Crippen LogP contribution is -2.19. The van der Waals surface area contributed by atoms with Crippen LogP contribution in [-0.4, -0.2) is 21.6 Å². The number of ether oxygens (including phenoxy) is 1. The van der Waals surface area contributed by atoms with Crippen LogP contribution >= 0.6 is 0 Å². The highest BCUT2D eigenvalue weighted by atomic mass is 16.5. The first-order valence-corrected chi connectivity index (χ1v) is 6.83. The summed E-state index contributed by atoms with van der Waals surface area (Å²) in [6, 6.07) is 9.95. The van der Waals surface area contributed by atoms with Crippen molar-refractivity contribution in [2.45, 2.75) is 32.9 Å². The monoisotopic (exact) mass is 282 g/mol. The quantitative estimate of drug-likeness (QED) is 0.639. The van der Waals surface area contributed by atoms with Gasteiger partial charge < -0.3 is 9.30 Å². The molecule has 0 N–H and O–H groups in total. The van der Waals surface area contributed by atoms with Gasteiger partial charge in [-0.1, -0.05) is 36.3 Å². The van der Waals surface area contributed by atoms with E-state index in [-0.39, 0.29) is 6.04 Å². The van der Waals surface area contributed by atoms with Gasteiger partial charge >= 0.3 is 5.97 Å². The Kier molecular flexibility index (Phi) is 4.78. The molecule has 0 radical (unpaired) electrons. The molecular weight excluding hydrogens is 264 g/mol. The molecule has 1 aromatic carbocycles. The van der Waals surface area contributed by atoms with E-state index >= 15 is 0 Å². The third kappa shape index (κ3) is 3.51. The van der Waals surface area contributed by atoms with Crippen molar-refractivity contribution in [3.05, 3.63) is 54.1 Å². The molecule has 108 valence electrons. The Balaban J connectivity index is 2.22. The molecule has 0 fully saturated rings. The Bertz CT molecular complexity index is 665. The fraction of sp³-hybridized carbons (Fsp3) is 0.294. The van der Waals surface area contributed by atoms with Crippen LogP contribution in [0, 0.1) is 11.8 Å². The number of imidazole rings is 1. The Morgan fingerprint density at radius 3 is 2.67 bits per heavy atom. The highest BCUT2D eigenvalue weighted by Gasteiger charge is 2.19. The Labute approximate surface area is 124 Å². The standard InChI is InChI=1S/C17H18N2O2/c1-4-8-13(2)21-17(20)16-11-18-12-19(16)14(3)15-9-6-5-7-10-15/h5-7,9-14H,1-3H3/t13?,14-/m1/s1. The predicted octanol–water partition coefficient (Wildman–Crippen LogP) is 3.06. The van der Waals surface area contributed by atoms with Crippen LogP contribution in [0.1, 0.15) is 42.9 Å². The molecule has 2 aromatic rings. The average molecular weight is 282 g/mol. The summed E-state index contributed by atoms with van der Waals surface area (Å²) in [5.74, 6) is 5.12. The number of hydrogen-bond donors (Lipinski definition) is 0. The minimum Gasteiger partial charge on any atom is -0.445 e. The molecule has 4 nitrogen and oxygen atoms in total. The first kappa shape index (κ1) is 14.9. The largest absolute Gasteiger partial charge is 0.445 e. The molecule has 0 saturated carbocycles. The fourth-order valence-corrected chi connectivity index (χ4v) is 2.12. The van der Waals surface area contributed by atoms with Gasteiger partial charge in [0.2, 0.25) is 0 Å². The van der Waals surface area contributed by atoms with Crippen LogP contribution in [0.25, 0.3) is 0 Å². The SMILES string of the molecule is CC#CC(C)OC(=O)c1cncn1[C@H](C)c1ccccc1. The third-order valence-corrected chi connectivity index (χ3v) is 3.21. The fourth-order valence-electron chi connectivity index (χ4n) is 2.12. The zero-order valence-corrected chi connectivity index (χ0v) is 12.4. The molecule has 0 saturated heterocycles. The molecule has 1 aromatic heterocycles. The number of carbonyl (C=O) groups is 1. The van der Waals surface area contributed by atoms with E-state index in [2.05, 4.69) is 16.8 Å². The van der Waals surface area contributed by atoms with Gasteiger partial charge in [-0.3, -0.25) is 0 Å². The first-order chi connectivity index (χ1) is 10.1. The molecular formula is C17H18N2O2. The molecule has 4 heteroatoms. The summed E-state index contributed by atoms with van der Waals surface area (Å²) in [7, 11) is 0. The zero-order valence-electron chi connectivity index (χ0n) is 12.4. The van der Waals surface area contributed by atoms with Crippen molar-refractivity contribution >= 4 is 5.97 Å². The van der Waals surface area contributed by atoms with Crippen molar-refractivity contribution in [3.8, 4) is 11.8 Å². The highest BCUT2D eigenvalue weighted by molar-refractivity contribution is 5.87. The molecule has 0 amide bonds. The number of esters is 1. The van der Waals surface area contributed by atoms with Crippen LogP contribution in [0.3, 0.4) is 0 Å². The second-order valence-electron chi connectivity index (χ2n) is 4.71. The number of carbonyl (C=O) groups excluding carboxylic acids is 1. The van der Waals surface area contributed by atoms with E-state index < -0.39 is 12.1 Å².